The molecule has 0 bridgehead atoms. The van der Waals surface area contributed by atoms with E-state index in [0.717, 1.165) is 24.0 Å². The Bertz CT molecular complexity index is 730. The highest BCUT2D eigenvalue weighted by Gasteiger charge is 2.11. The molecular weight excluding hydrogens is 384 g/mol. The summed E-state index contributed by atoms with van der Waals surface area (Å²) < 4.78 is 16.2. The number of carbonyl (C=O) groups excluding carboxylic acids is 1. The van der Waals surface area contributed by atoms with E-state index in [1.807, 2.05) is 51.1 Å². The second-order valence-corrected chi connectivity index (χ2v) is 7.25. The van der Waals surface area contributed by atoms with Crippen LogP contribution in [0.3, 0.4) is 0 Å². The van der Waals surface area contributed by atoms with Gasteiger partial charge in [0.05, 0.1) is 19.1 Å². The van der Waals surface area contributed by atoms with E-state index < -0.39 is 6.29 Å². The van der Waals surface area contributed by atoms with Crippen LogP contribution in [-0.2, 0) is 14.3 Å². The van der Waals surface area contributed by atoms with Crippen LogP contribution in [0.5, 0.6) is 5.75 Å². The molecule has 0 radical (unpaired) electrons. The molecule has 2 atom stereocenters. The van der Waals surface area contributed by atoms with Crippen molar-refractivity contribution in [3.8, 4) is 5.75 Å². The minimum atomic E-state index is -1.13. The fourth-order valence-electron chi connectivity index (χ4n) is 2.30. The number of hydrogen-bond acceptors (Lipinski definition) is 6. The lowest BCUT2D eigenvalue weighted by molar-refractivity contribution is -0.149. The number of benzene rings is 2. The number of rotatable bonds is 11. The minimum Gasteiger partial charge on any atom is -0.491 e. The van der Waals surface area contributed by atoms with Gasteiger partial charge < -0.3 is 24.4 Å². The Balaban J connectivity index is 0.000000553. The highest BCUT2D eigenvalue weighted by atomic mass is 16.6. The van der Waals surface area contributed by atoms with Crippen LogP contribution in [0, 0.1) is 11.8 Å². The quantitative estimate of drug-likeness (QED) is 0.322. The maximum Gasteiger partial charge on any atom is 0.308 e. The Kier molecular flexibility index (Phi) is 12.7. The molecule has 0 saturated heterocycles. The molecule has 2 aromatic carbocycles. The van der Waals surface area contributed by atoms with Crippen LogP contribution < -0.4 is 4.74 Å². The Morgan fingerprint density at radius 1 is 0.900 bits per heavy atom. The molecule has 2 unspecified atom stereocenters. The molecule has 6 heteroatoms. The molecular formula is C24H36O6. The van der Waals surface area contributed by atoms with E-state index in [1.54, 1.807) is 6.92 Å². The van der Waals surface area contributed by atoms with Crippen molar-refractivity contribution < 1.29 is 29.2 Å². The monoisotopic (exact) mass is 420 g/mol. The Morgan fingerprint density at radius 3 is 2.17 bits per heavy atom. The summed E-state index contributed by atoms with van der Waals surface area (Å²) in [6, 6.07) is 14.2. The zero-order valence-electron chi connectivity index (χ0n) is 18.5. The molecule has 0 aromatic heterocycles. The number of fused-ring (bicyclic) bond motifs is 1. The van der Waals surface area contributed by atoms with Gasteiger partial charge in [0, 0.05) is 5.92 Å². The summed E-state index contributed by atoms with van der Waals surface area (Å²) in [7, 11) is 0. The van der Waals surface area contributed by atoms with Crippen molar-refractivity contribution in [2.45, 2.75) is 46.8 Å². The first kappa shape index (κ1) is 25.9. The summed E-state index contributed by atoms with van der Waals surface area (Å²) in [6.07, 6.45) is 0.474. The van der Waals surface area contributed by atoms with E-state index >= 15 is 0 Å². The van der Waals surface area contributed by atoms with Crippen molar-refractivity contribution in [2.75, 3.05) is 26.4 Å². The van der Waals surface area contributed by atoms with Crippen LogP contribution in [0.2, 0.25) is 0 Å². The van der Waals surface area contributed by atoms with Gasteiger partial charge in [-0.05, 0) is 35.7 Å². The Morgan fingerprint density at radius 2 is 1.57 bits per heavy atom. The minimum absolute atomic E-state index is 0.0139. The van der Waals surface area contributed by atoms with E-state index in [4.69, 9.17) is 24.4 Å². The lowest BCUT2D eigenvalue weighted by Gasteiger charge is -2.10. The third-order valence-electron chi connectivity index (χ3n) is 4.86. The number of carbonyl (C=O) groups is 1. The number of hydrogen-bond donors (Lipinski definition) is 2. The van der Waals surface area contributed by atoms with Crippen molar-refractivity contribution in [3.05, 3.63) is 42.5 Å². The number of esters is 1. The Hall–Kier alpha value is -2.15. The van der Waals surface area contributed by atoms with Crippen LogP contribution in [0.4, 0.5) is 0 Å². The average Bonchev–Trinajstić information content (AvgIpc) is 2.77. The maximum atomic E-state index is 11.5. The molecule has 0 aliphatic carbocycles. The van der Waals surface area contributed by atoms with Crippen LogP contribution in [-0.4, -0.2) is 48.9 Å². The van der Waals surface area contributed by atoms with Gasteiger partial charge in [0.1, 0.15) is 19.0 Å². The van der Waals surface area contributed by atoms with Crippen molar-refractivity contribution in [3.63, 3.8) is 0 Å². The van der Waals surface area contributed by atoms with Crippen LogP contribution >= 0.6 is 0 Å². The standard InChI is InChI=1S/C19H24O4.C5H12O2/c1-3-15(2)19(20)23-13-11-21-10-12-22-18-9-8-16-6-4-5-7-17(16)14-18;1-3-4(2)5(6)7/h4-9,14-15H,3,10-13H2,1-2H3;4-7H,3H2,1-2H3. The van der Waals surface area contributed by atoms with Crippen molar-refractivity contribution in [1.29, 1.82) is 0 Å². The fourth-order valence-corrected chi connectivity index (χ4v) is 2.30. The molecule has 168 valence electrons. The third-order valence-corrected chi connectivity index (χ3v) is 4.86. The molecule has 0 saturated carbocycles. The second kappa shape index (κ2) is 14.8. The maximum absolute atomic E-state index is 11.5. The van der Waals surface area contributed by atoms with Gasteiger partial charge in [-0.2, -0.15) is 0 Å². The molecule has 0 aliphatic heterocycles. The molecule has 0 heterocycles. The van der Waals surface area contributed by atoms with E-state index in [9.17, 15) is 4.79 Å². The summed E-state index contributed by atoms with van der Waals surface area (Å²) >= 11 is 0. The summed E-state index contributed by atoms with van der Waals surface area (Å²) in [5.74, 6) is 0.630. The van der Waals surface area contributed by atoms with Gasteiger partial charge in [0.25, 0.3) is 0 Å². The van der Waals surface area contributed by atoms with Gasteiger partial charge in [-0.25, -0.2) is 0 Å². The fraction of sp³-hybridized carbons (Fsp3) is 0.542. The van der Waals surface area contributed by atoms with Crippen LogP contribution in [0.1, 0.15) is 40.5 Å². The zero-order valence-corrected chi connectivity index (χ0v) is 18.5. The predicted molar refractivity (Wildman–Crippen MR) is 118 cm³/mol. The molecule has 0 amide bonds. The van der Waals surface area contributed by atoms with Gasteiger partial charge in [0.2, 0.25) is 0 Å². The lowest BCUT2D eigenvalue weighted by Crippen LogP contribution is -2.18. The third kappa shape index (κ3) is 10.1. The van der Waals surface area contributed by atoms with Crippen LogP contribution in [0.15, 0.2) is 42.5 Å². The largest absolute Gasteiger partial charge is 0.491 e. The topological polar surface area (TPSA) is 85.2 Å². The van der Waals surface area contributed by atoms with Gasteiger partial charge >= 0.3 is 5.97 Å². The molecule has 0 aliphatic rings. The molecule has 2 N–H and O–H groups in total. The summed E-state index contributed by atoms with van der Waals surface area (Å²) in [4.78, 5) is 11.5. The molecule has 0 spiro atoms. The number of aliphatic hydroxyl groups is 2. The molecule has 2 rings (SSSR count). The first-order valence-corrected chi connectivity index (χ1v) is 10.6. The summed E-state index contributed by atoms with van der Waals surface area (Å²) in [6.45, 7) is 9.16. The van der Waals surface area contributed by atoms with Crippen molar-refractivity contribution in [1.82, 2.24) is 0 Å². The molecule has 2 aromatic rings. The van der Waals surface area contributed by atoms with Crippen LogP contribution in [0.25, 0.3) is 10.8 Å². The predicted octanol–water partition coefficient (Wildman–Crippen LogP) is 4.17. The number of aliphatic hydroxyl groups excluding tert-OH is 1. The first-order chi connectivity index (χ1) is 14.4. The van der Waals surface area contributed by atoms with Gasteiger partial charge in [0.15, 0.2) is 6.29 Å². The first-order valence-electron chi connectivity index (χ1n) is 10.6. The highest BCUT2D eigenvalue weighted by molar-refractivity contribution is 5.83. The average molecular weight is 421 g/mol. The highest BCUT2D eigenvalue weighted by Crippen LogP contribution is 2.20. The summed E-state index contributed by atoms with van der Waals surface area (Å²) in [5, 5.41) is 19.1. The van der Waals surface area contributed by atoms with Gasteiger partial charge in [-0.1, -0.05) is 58.0 Å². The van der Waals surface area contributed by atoms with Gasteiger partial charge in [-0.3, -0.25) is 4.79 Å². The van der Waals surface area contributed by atoms with Gasteiger partial charge in [-0.15, -0.1) is 0 Å². The van der Waals surface area contributed by atoms with E-state index in [2.05, 4.69) is 12.1 Å². The molecule has 0 fully saturated rings. The van der Waals surface area contributed by atoms with E-state index in [-0.39, 0.29) is 17.8 Å². The SMILES string of the molecule is CCC(C)C(=O)OCCOCCOc1ccc2ccccc2c1.CCC(C)C(O)O. The summed E-state index contributed by atoms with van der Waals surface area (Å²) in [5.41, 5.74) is 0. The second-order valence-electron chi connectivity index (χ2n) is 7.25. The van der Waals surface area contributed by atoms with E-state index in [1.165, 1.54) is 5.39 Å². The Labute approximate surface area is 179 Å². The zero-order chi connectivity index (χ0) is 22.4. The number of ether oxygens (including phenoxy) is 3. The lowest BCUT2D eigenvalue weighted by atomic mass is 10.1. The molecule has 6 nitrogen and oxygen atoms in total. The van der Waals surface area contributed by atoms with E-state index in [0.29, 0.717) is 26.4 Å². The van der Waals surface area contributed by atoms with Crippen molar-refractivity contribution >= 4 is 16.7 Å². The van der Waals surface area contributed by atoms with Crippen molar-refractivity contribution in [2.24, 2.45) is 11.8 Å². The normalized spacial score (nSPS) is 12.8. The smallest absolute Gasteiger partial charge is 0.308 e. The molecule has 30 heavy (non-hydrogen) atoms.